The number of aliphatic hydroxyl groups is 2. The molecule has 0 aromatic rings. The van der Waals surface area contributed by atoms with Gasteiger partial charge >= 0.3 is 0 Å². The van der Waals surface area contributed by atoms with E-state index in [1.54, 1.807) is 13.8 Å². The van der Waals surface area contributed by atoms with Crippen molar-refractivity contribution >= 4 is 23.6 Å². The Kier molecular flexibility index (Phi) is 12.9. The quantitative estimate of drug-likeness (QED) is 0.153. The summed E-state index contributed by atoms with van der Waals surface area (Å²) < 4.78 is 0. The third-order valence-corrected chi connectivity index (χ3v) is 4.97. The van der Waals surface area contributed by atoms with E-state index in [4.69, 9.17) is 10.2 Å². The molecule has 1 rings (SSSR count). The van der Waals surface area contributed by atoms with Crippen molar-refractivity contribution in [3.8, 4) is 0 Å². The van der Waals surface area contributed by atoms with Crippen molar-refractivity contribution in [3.63, 3.8) is 0 Å². The minimum absolute atomic E-state index is 0.00972. The van der Waals surface area contributed by atoms with Crippen molar-refractivity contribution in [1.82, 2.24) is 21.3 Å². The van der Waals surface area contributed by atoms with Gasteiger partial charge in [-0.25, -0.2) is 0 Å². The molecule has 1 aliphatic heterocycles. The van der Waals surface area contributed by atoms with Crippen molar-refractivity contribution < 1.29 is 29.4 Å². The summed E-state index contributed by atoms with van der Waals surface area (Å²) in [6, 6.07) is -1.27. The predicted octanol–water partition coefficient (Wildman–Crippen LogP) is -0.580. The van der Waals surface area contributed by atoms with E-state index in [0.29, 0.717) is 51.6 Å². The van der Waals surface area contributed by atoms with Gasteiger partial charge in [0.05, 0.1) is 0 Å². The van der Waals surface area contributed by atoms with Crippen LogP contribution in [0, 0.1) is 0 Å². The fraction of sp³-hybridized carbons (Fsp3) is 0.636. The standard InChI is InChI=1S/C22H36N4O6/c1-15(7-11-27)13-19(29)23-9-3-5-17-21(31)26-18(22(32)25-17)6-4-10-24-20(30)14-16(2)8-12-28/h13-14,17-18,27-28H,3-12H2,1-2H3,(H,23,29)(H,24,30)(H,25,32)(H,26,31). The zero-order valence-corrected chi connectivity index (χ0v) is 18.9. The molecule has 1 fully saturated rings. The van der Waals surface area contributed by atoms with Gasteiger partial charge in [0.25, 0.3) is 0 Å². The summed E-state index contributed by atoms with van der Waals surface area (Å²) in [4.78, 5) is 48.0. The minimum atomic E-state index is -0.637. The molecule has 2 atom stereocenters. The lowest BCUT2D eigenvalue weighted by atomic mass is 10.0. The lowest BCUT2D eigenvalue weighted by Crippen LogP contribution is -2.61. The number of carbonyl (C=O) groups excluding carboxylic acids is 4. The highest BCUT2D eigenvalue weighted by atomic mass is 16.3. The summed E-state index contributed by atoms with van der Waals surface area (Å²) in [6.07, 6.45) is 5.61. The Hall–Kier alpha value is -2.72. The van der Waals surface area contributed by atoms with E-state index in [1.807, 2.05) is 0 Å². The van der Waals surface area contributed by atoms with Gasteiger partial charge in [-0.15, -0.1) is 0 Å². The molecule has 1 aliphatic rings. The second-order valence-corrected chi connectivity index (χ2v) is 7.92. The zero-order chi connectivity index (χ0) is 23.9. The maximum atomic E-state index is 12.3. The molecule has 180 valence electrons. The summed E-state index contributed by atoms with van der Waals surface area (Å²) in [7, 11) is 0. The lowest BCUT2D eigenvalue weighted by molar-refractivity contribution is -0.137. The van der Waals surface area contributed by atoms with Gasteiger partial charge in [-0.05, 0) is 52.4 Å². The smallest absolute Gasteiger partial charge is 0.243 e. The summed E-state index contributed by atoms with van der Waals surface area (Å²) >= 11 is 0. The lowest BCUT2D eigenvalue weighted by Gasteiger charge is -2.29. The molecular formula is C22H36N4O6. The molecule has 0 radical (unpaired) electrons. The first kappa shape index (κ1) is 27.3. The molecule has 4 amide bonds. The fourth-order valence-corrected chi connectivity index (χ4v) is 3.16. The number of piperazine rings is 1. The van der Waals surface area contributed by atoms with E-state index in [9.17, 15) is 19.2 Å². The summed E-state index contributed by atoms with van der Waals surface area (Å²) in [5, 5.41) is 28.5. The number of carbonyl (C=O) groups is 4. The van der Waals surface area contributed by atoms with Gasteiger partial charge < -0.3 is 31.5 Å². The van der Waals surface area contributed by atoms with Gasteiger partial charge in [0.15, 0.2) is 0 Å². The molecule has 10 heteroatoms. The van der Waals surface area contributed by atoms with E-state index < -0.39 is 12.1 Å². The summed E-state index contributed by atoms with van der Waals surface area (Å²) in [6.45, 7) is 4.25. The molecular weight excluding hydrogens is 416 g/mol. The van der Waals surface area contributed by atoms with Gasteiger partial charge in [0, 0.05) is 38.5 Å². The van der Waals surface area contributed by atoms with Crippen LogP contribution in [-0.4, -0.2) is 72.2 Å². The largest absolute Gasteiger partial charge is 0.396 e. The fourth-order valence-electron chi connectivity index (χ4n) is 3.16. The minimum Gasteiger partial charge on any atom is -0.396 e. The predicted molar refractivity (Wildman–Crippen MR) is 119 cm³/mol. The summed E-state index contributed by atoms with van der Waals surface area (Å²) in [5.74, 6) is -1.02. The van der Waals surface area contributed by atoms with Crippen LogP contribution in [0.3, 0.4) is 0 Å². The average molecular weight is 453 g/mol. The van der Waals surface area contributed by atoms with Crippen LogP contribution in [0.5, 0.6) is 0 Å². The van der Waals surface area contributed by atoms with Gasteiger partial charge in [-0.1, -0.05) is 11.1 Å². The Bertz CT molecular complexity index is 659. The number of amides is 4. The molecule has 0 aromatic carbocycles. The van der Waals surface area contributed by atoms with Crippen LogP contribution in [0.15, 0.2) is 23.3 Å². The highest BCUT2D eigenvalue weighted by molar-refractivity contribution is 5.96. The normalized spacial score (nSPS) is 19.2. The molecule has 0 spiro atoms. The maximum Gasteiger partial charge on any atom is 0.243 e. The Morgan fingerprint density at radius 1 is 0.812 bits per heavy atom. The second-order valence-electron chi connectivity index (χ2n) is 7.92. The van der Waals surface area contributed by atoms with Crippen molar-refractivity contribution in [2.24, 2.45) is 0 Å². The van der Waals surface area contributed by atoms with Crippen LogP contribution in [0.1, 0.15) is 52.4 Å². The Balaban J connectivity index is 2.28. The third kappa shape index (κ3) is 11.1. The van der Waals surface area contributed by atoms with Gasteiger partial charge in [-0.3, -0.25) is 19.2 Å². The second kappa shape index (κ2) is 15.1. The first-order chi connectivity index (χ1) is 15.3. The van der Waals surface area contributed by atoms with Gasteiger partial charge in [0.2, 0.25) is 23.6 Å². The molecule has 2 unspecified atom stereocenters. The molecule has 10 nitrogen and oxygen atoms in total. The molecule has 0 aromatic heterocycles. The van der Waals surface area contributed by atoms with E-state index in [1.165, 1.54) is 12.2 Å². The van der Waals surface area contributed by atoms with Crippen LogP contribution in [0.2, 0.25) is 0 Å². The highest BCUT2D eigenvalue weighted by Crippen LogP contribution is 2.08. The monoisotopic (exact) mass is 452 g/mol. The van der Waals surface area contributed by atoms with E-state index in [-0.39, 0.29) is 36.8 Å². The first-order valence-corrected chi connectivity index (χ1v) is 11.0. The van der Waals surface area contributed by atoms with Crippen molar-refractivity contribution in [2.75, 3.05) is 26.3 Å². The van der Waals surface area contributed by atoms with E-state index in [0.717, 1.165) is 11.1 Å². The Morgan fingerprint density at radius 2 is 1.19 bits per heavy atom. The Morgan fingerprint density at radius 3 is 1.53 bits per heavy atom. The molecule has 6 N–H and O–H groups in total. The van der Waals surface area contributed by atoms with Crippen LogP contribution in [0.25, 0.3) is 0 Å². The molecule has 1 heterocycles. The van der Waals surface area contributed by atoms with E-state index in [2.05, 4.69) is 21.3 Å². The van der Waals surface area contributed by atoms with Crippen LogP contribution in [-0.2, 0) is 19.2 Å². The van der Waals surface area contributed by atoms with Crippen molar-refractivity contribution in [1.29, 1.82) is 0 Å². The number of aliphatic hydroxyl groups excluding tert-OH is 2. The topological polar surface area (TPSA) is 157 Å². The van der Waals surface area contributed by atoms with Crippen LogP contribution >= 0.6 is 0 Å². The SMILES string of the molecule is CC(=CC(=O)NCCCC1NC(=O)C(CCCNC(=O)C=C(C)CCO)NC1=O)CCO. The number of nitrogens with one attached hydrogen (secondary N) is 4. The van der Waals surface area contributed by atoms with Crippen molar-refractivity contribution in [3.05, 3.63) is 23.3 Å². The van der Waals surface area contributed by atoms with E-state index >= 15 is 0 Å². The van der Waals surface area contributed by atoms with Crippen molar-refractivity contribution in [2.45, 2.75) is 64.5 Å². The molecule has 0 bridgehead atoms. The highest BCUT2D eigenvalue weighted by Gasteiger charge is 2.32. The number of rotatable bonds is 14. The molecule has 32 heavy (non-hydrogen) atoms. The summed E-state index contributed by atoms with van der Waals surface area (Å²) in [5.41, 5.74) is 1.56. The van der Waals surface area contributed by atoms with Gasteiger partial charge in [-0.2, -0.15) is 0 Å². The first-order valence-electron chi connectivity index (χ1n) is 11.0. The van der Waals surface area contributed by atoms with Crippen LogP contribution < -0.4 is 21.3 Å². The average Bonchev–Trinajstić information content (AvgIpc) is 2.71. The molecule has 0 saturated carbocycles. The Labute approximate surface area is 188 Å². The maximum absolute atomic E-state index is 12.3. The van der Waals surface area contributed by atoms with Crippen LogP contribution in [0.4, 0.5) is 0 Å². The molecule has 0 aliphatic carbocycles. The molecule has 1 saturated heterocycles. The number of hydrogen-bond donors (Lipinski definition) is 6. The van der Waals surface area contributed by atoms with Gasteiger partial charge in [0.1, 0.15) is 12.1 Å². The number of hydrogen-bond acceptors (Lipinski definition) is 6. The third-order valence-electron chi connectivity index (χ3n) is 4.97. The zero-order valence-electron chi connectivity index (χ0n) is 18.9.